The number of carboxylic acids is 1. The summed E-state index contributed by atoms with van der Waals surface area (Å²) in [6.07, 6.45) is 0.972. The zero-order chi connectivity index (χ0) is 12.7. The number of benzene rings is 1. The fraction of sp³-hybridized carbons (Fsp3) is 0.231. The molecule has 0 amide bonds. The van der Waals surface area contributed by atoms with E-state index >= 15 is 0 Å². The van der Waals surface area contributed by atoms with Gasteiger partial charge in [-0.1, -0.05) is 24.2 Å². The monoisotopic (exact) mass is 261 g/mol. The number of carboxylic acid groups (broad SMARTS) is 1. The summed E-state index contributed by atoms with van der Waals surface area (Å²) in [5, 5.41) is 13.0. The Labute approximate surface area is 108 Å². The maximum absolute atomic E-state index is 10.8. The van der Waals surface area contributed by atoms with E-state index in [0.29, 0.717) is 11.0 Å². The van der Waals surface area contributed by atoms with E-state index in [1.807, 2.05) is 23.9 Å². The van der Waals surface area contributed by atoms with E-state index in [1.165, 1.54) is 16.5 Å². The van der Waals surface area contributed by atoms with Crippen molar-refractivity contribution in [3.8, 4) is 11.3 Å². The molecule has 0 radical (unpaired) electrons. The molecule has 2 aromatic rings. The summed E-state index contributed by atoms with van der Waals surface area (Å²) in [6.45, 7) is 2.18. The van der Waals surface area contributed by atoms with Gasteiger partial charge in [-0.25, -0.2) is 4.79 Å². The lowest BCUT2D eigenvalue weighted by Gasteiger charge is -2.03. The van der Waals surface area contributed by atoms with Crippen LogP contribution in [0.1, 0.15) is 23.0 Å². The third-order valence-electron chi connectivity index (χ3n) is 2.95. The molecule has 1 aliphatic rings. The normalized spacial score (nSPS) is 17.7. The van der Waals surface area contributed by atoms with Gasteiger partial charge in [0, 0.05) is 21.8 Å². The molecule has 18 heavy (non-hydrogen) atoms. The molecule has 4 nitrogen and oxygen atoms in total. The van der Waals surface area contributed by atoms with E-state index in [9.17, 15) is 4.79 Å². The number of nitrogens with zero attached hydrogens (tertiary/aromatic N) is 1. The molecule has 1 aromatic heterocycles. The van der Waals surface area contributed by atoms with Gasteiger partial charge in [-0.3, -0.25) is 0 Å². The van der Waals surface area contributed by atoms with Crippen molar-refractivity contribution in [2.75, 3.05) is 0 Å². The zero-order valence-corrected chi connectivity index (χ0v) is 10.5. The zero-order valence-electron chi connectivity index (χ0n) is 9.71. The Morgan fingerprint density at radius 3 is 3.11 bits per heavy atom. The van der Waals surface area contributed by atoms with E-state index < -0.39 is 5.97 Å². The fourth-order valence-corrected chi connectivity index (χ4v) is 3.34. The van der Waals surface area contributed by atoms with Crippen LogP contribution < -0.4 is 0 Å². The summed E-state index contributed by atoms with van der Waals surface area (Å²) in [5.41, 5.74) is 2.12. The molecule has 92 valence electrons. The Bertz CT molecular complexity index is 620. The molecule has 0 spiro atoms. The molecule has 0 bridgehead atoms. The summed E-state index contributed by atoms with van der Waals surface area (Å²) in [7, 11) is 0. The Hall–Kier alpha value is -1.75. The Balaban J connectivity index is 2.07. The van der Waals surface area contributed by atoms with E-state index in [4.69, 9.17) is 9.63 Å². The average Bonchev–Trinajstić information content (AvgIpc) is 2.92. The first kappa shape index (κ1) is 11.3. The van der Waals surface area contributed by atoms with Crippen LogP contribution in [0.15, 0.2) is 33.7 Å². The lowest BCUT2D eigenvalue weighted by molar-refractivity contribution is 0.0686. The number of aromatic nitrogens is 1. The van der Waals surface area contributed by atoms with Gasteiger partial charge in [0.15, 0.2) is 11.5 Å². The quantitative estimate of drug-likeness (QED) is 0.900. The lowest BCUT2D eigenvalue weighted by atomic mass is 10.0. The minimum Gasteiger partial charge on any atom is -0.476 e. The van der Waals surface area contributed by atoms with Gasteiger partial charge in [-0.15, -0.1) is 11.8 Å². The molecule has 1 unspecified atom stereocenters. The van der Waals surface area contributed by atoms with Crippen molar-refractivity contribution < 1.29 is 14.4 Å². The van der Waals surface area contributed by atoms with E-state index in [1.54, 1.807) is 0 Å². The van der Waals surface area contributed by atoms with Crippen LogP contribution in [0.25, 0.3) is 11.3 Å². The predicted molar refractivity (Wildman–Crippen MR) is 67.9 cm³/mol. The number of carbonyl (C=O) groups is 1. The van der Waals surface area contributed by atoms with Crippen LogP contribution in [0.3, 0.4) is 0 Å². The Kier molecular flexibility index (Phi) is 2.63. The molecule has 0 saturated carbocycles. The standard InChI is InChI=1S/C13H11NO3S/c1-7-5-9-8(3-2-4-12(9)18-7)11-6-10(13(15)16)14-17-11/h2-4,6-7H,5H2,1H3,(H,15,16). The van der Waals surface area contributed by atoms with Gasteiger partial charge in [0.05, 0.1) is 0 Å². The van der Waals surface area contributed by atoms with Crippen molar-refractivity contribution in [1.82, 2.24) is 5.16 Å². The topological polar surface area (TPSA) is 63.3 Å². The van der Waals surface area contributed by atoms with Crippen LogP contribution in [0.4, 0.5) is 0 Å². The summed E-state index contributed by atoms with van der Waals surface area (Å²) < 4.78 is 5.13. The van der Waals surface area contributed by atoms with Gasteiger partial charge in [0.1, 0.15) is 0 Å². The summed E-state index contributed by atoms with van der Waals surface area (Å²) in [5.74, 6) is -0.542. The Morgan fingerprint density at radius 1 is 1.56 bits per heavy atom. The van der Waals surface area contributed by atoms with Crippen molar-refractivity contribution in [3.63, 3.8) is 0 Å². The smallest absolute Gasteiger partial charge is 0.358 e. The molecular formula is C13H11NO3S. The number of hydrogen-bond acceptors (Lipinski definition) is 4. The molecule has 0 aliphatic carbocycles. The highest BCUT2D eigenvalue weighted by Crippen LogP contribution is 2.41. The van der Waals surface area contributed by atoms with E-state index in [2.05, 4.69) is 18.1 Å². The molecular weight excluding hydrogens is 250 g/mol. The molecule has 0 saturated heterocycles. The first-order valence-corrected chi connectivity index (χ1v) is 6.52. The van der Waals surface area contributed by atoms with Gasteiger partial charge in [0.25, 0.3) is 0 Å². The van der Waals surface area contributed by atoms with Crippen LogP contribution in [-0.4, -0.2) is 21.5 Å². The van der Waals surface area contributed by atoms with Crippen LogP contribution in [-0.2, 0) is 6.42 Å². The molecule has 1 N–H and O–H groups in total. The van der Waals surface area contributed by atoms with Gasteiger partial charge >= 0.3 is 5.97 Å². The lowest BCUT2D eigenvalue weighted by Crippen LogP contribution is -1.95. The first-order chi connectivity index (χ1) is 8.65. The second kappa shape index (κ2) is 4.17. The van der Waals surface area contributed by atoms with Crippen molar-refractivity contribution >= 4 is 17.7 Å². The van der Waals surface area contributed by atoms with Crippen molar-refractivity contribution in [2.24, 2.45) is 0 Å². The predicted octanol–water partition coefficient (Wildman–Crippen LogP) is 3.08. The molecule has 5 heteroatoms. The van der Waals surface area contributed by atoms with Gasteiger partial charge in [0.2, 0.25) is 0 Å². The molecule has 3 rings (SSSR count). The van der Waals surface area contributed by atoms with Crippen LogP contribution in [0.5, 0.6) is 0 Å². The highest BCUT2D eigenvalue weighted by atomic mass is 32.2. The van der Waals surface area contributed by atoms with Gasteiger partial charge in [-0.2, -0.15) is 0 Å². The summed E-state index contributed by atoms with van der Waals surface area (Å²) in [6, 6.07) is 7.47. The third-order valence-corrected chi connectivity index (χ3v) is 4.15. The summed E-state index contributed by atoms with van der Waals surface area (Å²) >= 11 is 1.83. The first-order valence-electron chi connectivity index (χ1n) is 5.64. The Morgan fingerprint density at radius 2 is 2.39 bits per heavy atom. The van der Waals surface area contributed by atoms with E-state index in [0.717, 1.165) is 12.0 Å². The van der Waals surface area contributed by atoms with Crippen molar-refractivity contribution in [2.45, 2.75) is 23.5 Å². The largest absolute Gasteiger partial charge is 0.476 e. The summed E-state index contributed by atoms with van der Waals surface area (Å²) in [4.78, 5) is 12.0. The van der Waals surface area contributed by atoms with Gasteiger partial charge in [-0.05, 0) is 18.1 Å². The minimum absolute atomic E-state index is 0.0544. The number of fused-ring (bicyclic) bond motifs is 1. The molecule has 1 aromatic carbocycles. The molecule has 0 fully saturated rings. The third kappa shape index (κ3) is 1.80. The number of rotatable bonds is 2. The average molecular weight is 261 g/mol. The van der Waals surface area contributed by atoms with Crippen LogP contribution >= 0.6 is 11.8 Å². The maximum atomic E-state index is 10.8. The number of aromatic carboxylic acids is 1. The molecule has 1 atom stereocenters. The fourth-order valence-electron chi connectivity index (χ4n) is 2.17. The molecule has 1 aliphatic heterocycles. The highest BCUT2D eigenvalue weighted by Gasteiger charge is 2.23. The number of thioether (sulfide) groups is 1. The van der Waals surface area contributed by atoms with E-state index in [-0.39, 0.29) is 5.69 Å². The SMILES string of the molecule is CC1Cc2c(cccc2-c2cc(C(=O)O)no2)S1. The van der Waals surface area contributed by atoms with Crippen molar-refractivity contribution in [1.29, 1.82) is 0 Å². The van der Waals surface area contributed by atoms with Crippen LogP contribution in [0, 0.1) is 0 Å². The maximum Gasteiger partial charge on any atom is 0.358 e. The highest BCUT2D eigenvalue weighted by molar-refractivity contribution is 8.00. The number of hydrogen-bond donors (Lipinski definition) is 1. The van der Waals surface area contributed by atoms with Crippen LogP contribution in [0.2, 0.25) is 0 Å². The second-order valence-electron chi connectivity index (χ2n) is 4.30. The van der Waals surface area contributed by atoms with Gasteiger partial charge < -0.3 is 9.63 Å². The molecule has 2 heterocycles. The second-order valence-corrected chi connectivity index (χ2v) is 5.78. The van der Waals surface area contributed by atoms with Crippen molar-refractivity contribution in [3.05, 3.63) is 35.5 Å². The minimum atomic E-state index is -1.07.